The summed E-state index contributed by atoms with van der Waals surface area (Å²) in [5, 5.41) is 12.2. The molecule has 0 saturated heterocycles. The standard InChI is InChI=1S/C18H28N2O4/c1-3-9-20(10-4-2)15-14(16(21)17(15)22)19-11-12-5-7-13(8-6-12)18(23)24/h12-13,19H,3-11H2,1-2H3,(H,23,24)/t12-,13-. The van der Waals surface area contributed by atoms with Crippen LogP contribution >= 0.6 is 0 Å². The van der Waals surface area contributed by atoms with Gasteiger partial charge in [-0.15, -0.1) is 0 Å². The van der Waals surface area contributed by atoms with Gasteiger partial charge in [-0.3, -0.25) is 14.4 Å². The Bertz CT molecular complexity index is 619. The predicted octanol–water partition coefficient (Wildman–Crippen LogP) is 2.21. The van der Waals surface area contributed by atoms with Gasteiger partial charge in [0.25, 0.3) is 10.9 Å². The Morgan fingerprint density at radius 2 is 1.67 bits per heavy atom. The molecule has 6 nitrogen and oxygen atoms in total. The lowest BCUT2D eigenvalue weighted by Gasteiger charge is -2.29. The van der Waals surface area contributed by atoms with Gasteiger partial charge in [0.1, 0.15) is 11.4 Å². The monoisotopic (exact) mass is 336 g/mol. The molecule has 1 fully saturated rings. The highest BCUT2D eigenvalue weighted by Gasteiger charge is 2.28. The van der Waals surface area contributed by atoms with Crippen molar-refractivity contribution < 1.29 is 9.90 Å². The van der Waals surface area contributed by atoms with Gasteiger partial charge in [-0.25, -0.2) is 0 Å². The van der Waals surface area contributed by atoms with Crippen LogP contribution in [0.1, 0.15) is 52.4 Å². The third-order valence-electron chi connectivity index (χ3n) is 4.95. The van der Waals surface area contributed by atoms with Gasteiger partial charge in [0, 0.05) is 19.6 Å². The van der Waals surface area contributed by atoms with E-state index in [-0.39, 0.29) is 11.3 Å². The molecule has 0 bridgehead atoms. The molecule has 0 aliphatic heterocycles. The van der Waals surface area contributed by atoms with Gasteiger partial charge in [0.2, 0.25) is 0 Å². The van der Waals surface area contributed by atoms with E-state index in [1.165, 1.54) is 0 Å². The summed E-state index contributed by atoms with van der Waals surface area (Å²) in [5.41, 5.74) is 0.209. The maximum Gasteiger partial charge on any atom is 0.306 e. The second-order valence-corrected chi connectivity index (χ2v) is 6.81. The molecule has 0 atom stereocenters. The Kier molecular flexibility index (Phi) is 6.40. The summed E-state index contributed by atoms with van der Waals surface area (Å²) in [6.45, 7) is 6.30. The van der Waals surface area contributed by atoms with Crippen LogP contribution in [-0.2, 0) is 4.79 Å². The number of carboxylic acid groups (broad SMARTS) is 1. The van der Waals surface area contributed by atoms with Crippen molar-refractivity contribution in [2.75, 3.05) is 29.9 Å². The Morgan fingerprint density at radius 1 is 1.08 bits per heavy atom. The number of nitrogens with one attached hydrogen (secondary N) is 1. The first kappa shape index (κ1) is 18.5. The molecule has 2 N–H and O–H groups in total. The van der Waals surface area contributed by atoms with Gasteiger partial charge in [0.05, 0.1) is 5.92 Å². The Hall–Kier alpha value is -1.85. The molecule has 0 amide bonds. The molecular weight excluding hydrogens is 308 g/mol. The lowest BCUT2D eigenvalue weighted by molar-refractivity contribution is -0.143. The van der Waals surface area contributed by atoms with Gasteiger partial charge < -0.3 is 15.3 Å². The highest BCUT2D eigenvalue weighted by Crippen LogP contribution is 2.30. The van der Waals surface area contributed by atoms with Crippen LogP contribution in [0.25, 0.3) is 0 Å². The first-order chi connectivity index (χ1) is 11.5. The number of rotatable bonds is 9. The first-order valence-electron chi connectivity index (χ1n) is 9.04. The first-order valence-corrected chi connectivity index (χ1v) is 9.04. The van der Waals surface area contributed by atoms with Crippen LogP contribution in [0.15, 0.2) is 9.59 Å². The van der Waals surface area contributed by atoms with Crippen molar-refractivity contribution in [3.8, 4) is 0 Å². The minimum Gasteiger partial charge on any atom is -0.481 e. The predicted molar refractivity (Wildman–Crippen MR) is 95.7 cm³/mol. The van der Waals surface area contributed by atoms with Crippen LogP contribution < -0.4 is 21.1 Å². The van der Waals surface area contributed by atoms with Gasteiger partial charge in [-0.1, -0.05) is 13.8 Å². The molecule has 0 radical (unpaired) electrons. The van der Waals surface area contributed by atoms with E-state index in [4.69, 9.17) is 5.11 Å². The van der Waals surface area contributed by atoms with Crippen molar-refractivity contribution >= 4 is 17.3 Å². The molecule has 134 valence electrons. The van der Waals surface area contributed by atoms with E-state index >= 15 is 0 Å². The summed E-state index contributed by atoms with van der Waals surface area (Å²) in [6, 6.07) is 0. The van der Waals surface area contributed by atoms with Gasteiger partial charge in [-0.2, -0.15) is 0 Å². The van der Waals surface area contributed by atoms with Crippen LogP contribution in [0.3, 0.4) is 0 Å². The van der Waals surface area contributed by atoms with Gasteiger partial charge in [-0.05, 0) is 44.4 Å². The van der Waals surface area contributed by atoms with Crippen molar-refractivity contribution in [1.82, 2.24) is 0 Å². The van der Waals surface area contributed by atoms with E-state index in [9.17, 15) is 14.4 Å². The Labute approximate surface area is 142 Å². The molecular formula is C18H28N2O4. The summed E-state index contributed by atoms with van der Waals surface area (Å²) in [6.07, 6.45) is 4.94. The fourth-order valence-electron chi connectivity index (χ4n) is 3.58. The maximum atomic E-state index is 12.0. The molecule has 0 heterocycles. The molecule has 0 spiro atoms. The van der Waals surface area contributed by atoms with Crippen molar-refractivity contribution in [3.05, 3.63) is 20.4 Å². The Balaban J connectivity index is 1.96. The molecule has 1 saturated carbocycles. The molecule has 1 aromatic carbocycles. The third kappa shape index (κ3) is 3.97. The van der Waals surface area contributed by atoms with Crippen molar-refractivity contribution in [3.63, 3.8) is 0 Å². The average Bonchev–Trinajstić information content (AvgIpc) is 2.58. The number of nitrogens with zero attached hydrogens (tertiary/aromatic N) is 1. The van der Waals surface area contributed by atoms with E-state index in [0.717, 1.165) is 38.8 Å². The van der Waals surface area contributed by atoms with E-state index < -0.39 is 11.4 Å². The molecule has 1 aliphatic rings. The summed E-state index contributed by atoms with van der Waals surface area (Å²) in [5.74, 6) is -0.572. The fraction of sp³-hybridized carbons (Fsp3) is 0.722. The number of carbonyl (C=O) groups is 1. The third-order valence-corrected chi connectivity index (χ3v) is 4.95. The quantitative estimate of drug-likeness (QED) is 0.672. The van der Waals surface area contributed by atoms with Crippen LogP contribution in [0.2, 0.25) is 0 Å². The number of hydrogen-bond acceptors (Lipinski definition) is 5. The normalized spacial score (nSPS) is 20.9. The van der Waals surface area contributed by atoms with Crippen LogP contribution in [-0.4, -0.2) is 30.7 Å². The van der Waals surface area contributed by atoms with Crippen molar-refractivity contribution in [2.24, 2.45) is 11.8 Å². The second-order valence-electron chi connectivity index (χ2n) is 6.81. The molecule has 2 rings (SSSR count). The zero-order valence-corrected chi connectivity index (χ0v) is 14.6. The largest absolute Gasteiger partial charge is 0.481 e. The minimum atomic E-state index is -0.707. The van der Waals surface area contributed by atoms with Gasteiger partial charge in [0.15, 0.2) is 0 Å². The zero-order chi connectivity index (χ0) is 17.7. The van der Waals surface area contributed by atoms with E-state index in [0.29, 0.717) is 36.7 Å². The zero-order valence-electron chi connectivity index (χ0n) is 14.6. The second kappa shape index (κ2) is 8.31. The molecule has 1 aromatic rings. The lowest BCUT2D eigenvalue weighted by atomic mass is 9.82. The molecule has 1 aliphatic carbocycles. The average molecular weight is 336 g/mol. The van der Waals surface area contributed by atoms with Gasteiger partial charge >= 0.3 is 5.97 Å². The smallest absolute Gasteiger partial charge is 0.306 e. The summed E-state index contributed by atoms with van der Waals surface area (Å²) >= 11 is 0. The molecule has 24 heavy (non-hydrogen) atoms. The maximum absolute atomic E-state index is 12.0. The highest BCUT2D eigenvalue weighted by atomic mass is 16.4. The number of anilines is 2. The molecule has 6 heteroatoms. The summed E-state index contributed by atoms with van der Waals surface area (Å²) < 4.78 is 0. The number of hydrogen-bond donors (Lipinski definition) is 2. The fourth-order valence-corrected chi connectivity index (χ4v) is 3.58. The molecule has 0 aromatic heterocycles. The molecule has 0 unspecified atom stereocenters. The van der Waals surface area contributed by atoms with Crippen molar-refractivity contribution in [2.45, 2.75) is 52.4 Å². The van der Waals surface area contributed by atoms with Crippen molar-refractivity contribution in [1.29, 1.82) is 0 Å². The number of carboxylic acids is 1. The highest BCUT2D eigenvalue weighted by molar-refractivity contribution is 5.75. The van der Waals surface area contributed by atoms with E-state index in [2.05, 4.69) is 19.2 Å². The van der Waals surface area contributed by atoms with Crippen LogP contribution in [0.5, 0.6) is 0 Å². The number of aliphatic carboxylic acids is 1. The van der Waals surface area contributed by atoms with E-state index in [1.54, 1.807) is 0 Å². The SMILES string of the molecule is CCCN(CCC)c1c(NC[C@H]2CC[C@H](C(=O)O)CC2)c(=O)c1=O. The Morgan fingerprint density at radius 3 is 2.17 bits per heavy atom. The lowest BCUT2D eigenvalue weighted by Crippen LogP contribution is -2.44. The summed E-state index contributed by atoms with van der Waals surface area (Å²) in [4.78, 5) is 36.9. The van der Waals surface area contributed by atoms with Crippen LogP contribution in [0, 0.1) is 11.8 Å². The summed E-state index contributed by atoms with van der Waals surface area (Å²) in [7, 11) is 0. The van der Waals surface area contributed by atoms with E-state index in [1.807, 2.05) is 4.90 Å². The topological polar surface area (TPSA) is 86.7 Å². The minimum absolute atomic E-state index is 0.229. The van der Waals surface area contributed by atoms with Crippen LogP contribution in [0.4, 0.5) is 11.4 Å².